The normalized spacial score (nSPS) is 26.4. The van der Waals surface area contributed by atoms with Crippen molar-refractivity contribution in [2.24, 2.45) is 11.7 Å². The summed E-state index contributed by atoms with van der Waals surface area (Å²) in [5, 5.41) is 0. The number of nitrogens with zero attached hydrogens (tertiary/aromatic N) is 1. The number of likely N-dealkylation sites (tertiary alicyclic amines) is 1. The highest BCUT2D eigenvalue weighted by Gasteiger charge is 2.30. The zero-order valence-corrected chi connectivity index (χ0v) is 10.9. The highest BCUT2D eigenvalue weighted by molar-refractivity contribution is 5.94. The molecule has 0 radical (unpaired) electrons. The monoisotopic (exact) mass is 244 g/mol. The Hall–Kier alpha value is -1.35. The van der Waals surface area contributed by atoms with Gasteiger partial charge in [0.1, 0.15) is 0 Å². The van der Waals surface area contributed by atoms with Gasteiger partial charge >= 0.3 is 0 Å². The molecule has 0 aromatic heterocycles. The number of nitrogens with two attached hydrogens (primary N) is 1. The Balaban J connectivity index is 1.81. The Kier molecular flexibility index (Phi) is 2.86. The molecule has 3 heteroatoms. The lowest BCUT2D eigenvalue weighted by Gasteiger charge is -2.16. The molecule has 2 unspecified atom stereocenters. The van der Waals surface area contributed by atoms with E-state index in [4.69, 9.17) is 5.73 Å². The van der Waals surface area contributed by atoms with Gasteiger partial charge in [0.05, 0.1) is 0 Å². The maximum atomic E-state index is 12.4. The second kappa shape index (κ2) is 4.39. The second-order valence-corrected chi connectivity index (χ2v) is 5.69. The molecule has 1 aromatic rings. The Morgan fingerprint density at radius 3 is 2.78 bits per heavy atom. The highest BCUT2D eigenvalue weighted by atomic mass is 16.2. The van der Waals surface area contributed by atoms with Crippen LogP contribution in [0.25, 0.3) is 0 Å². The van der Waals surface area contributed by atoms with Crippen molar-refractivity contribution in [3.05, 3.63) is 34.9 Å². The lowest BCUT2D eigenvalue weighted by atomic mass is 10.1. The fourth-order valence-electron chi connectivity index (χ4n) is 3.05. The summed E-state index contributed by atoms with van der Waals surface area (Å²) in [6, 6.07) is 6.30. The first-order chi connectivity index (χ1) is 8.65. The third-order valence-electron chi connectivity index (χ3n) is 4.30. The molecule has 1 aromatic carbocycles. The van der Waals surface area contributed by atoms with Crippen LogP contribution in [0, 0.1) is 5.92 Å². The summed E-state index contributed by atoms with van der Waals surface area (Å²) >= 11 is 0. The number of carbonyl (C=O) groups excluding carboxylic acids is 1. The number of amides is 1. The number of fused-ring (bicyclic) bond motifs is 1. The number of carbonyl (C=O) groups is 1. The molecule has 2 aliphatic rings. The summed E-state index contributed by atoms with van der Waals surface area (Å²) in [5.74, 6) is 0.549. The molecule has 0 spiro atoms. The van der Waals surface area contributed by atoms with Crippen LogP contribution in [0.3, 0.4) is 0 Å². The summed E-state index contributed by atoms with van der Waals surface area (Å²) in [7, 11) is 0. The fraction of sp³-hybridized carbons (Fsp3) is 0.533. The zero-order chi connectivity index (χ0) is 12.7. The van der Waals surface area contributed by atoms with Gasteiger partial charge in [-0.2, -0.15) is 0 Å². The first-order valence-corrected chi connectivity index (χ1v) is 6.82. The van der Waals surface area contributed by atoms with Crippen LogP contribution >= 0.6 is 0 Å². The molecule has 3 nitrogen and oxygen atoms in total. The number of benzene rings is 1. The van der Waals surface area contributed by atoms with E-state index >= 15 is 0 Å². The van der Waals surface area contributed by atoms with Crippen LogP contribution in [-0.4, -0.2) is 29.9 Å². The molecule has 2 N–H and O–H groups in total. The van der Waals surface area contributed by atoms with Crippen molar-refractivity contribution >= 4 is 5.91 Å². The summed E-state index contributed by atoms with van der Waals surface area (Å²) in [6.07, 6.45) is 3.50. The third-order valence-corrected chi connectivity index (χ3v) is 4.30. The van der Waals surface area contributed by atoms with Crippen LogP contribution < -0.4 is 5.73 Å². The molecule has 1 saturated heterocycles. The predicted octanol–water partition coefficient (Wildman–Crippen LogP) is 1.59. The fourth-order valence-corrected chi connectivity index (χ4v) is 3.05. The molecule has 18 heavy (non-hydrogen) atoms. The summed E-state index contributed by atoms with van der Waals surface area (Å²) in [6.45, 7) is 3.59. The van der Waals surface area contributed by atoms with Gasteiger partial charge in [-0.05, 0) is 48.4 Å². The first kappa shape index (κ1) is 11.7. The van der Waals surface area contributed by atoms with E-state index in [-0.39, 0.29) is 11.9 Å². The molecule has 1 fully saturated rings. The molecule has 3 rings (SSSR count). The second-order valence-electron chi connectivity index (χ2n) is 5.69. The molecule has 96 valence electrons. The Labute approximate surface area is 108 Å². The lowest BCUT2D eigenvalue weighted by molar-refractivity contribution is 0.0786. The smallest absolute Gasteiger partial charge is 0.253 e. The van der Waals surface area contributed by atoms with Crippen LogP contribution in [0.5, 0.6) is 0 Å². The van der Waals surface area contributed by atoms with E-state index in [0.717, 1.165) is 24.9 Å². The van der Waals surface area contributed by atoms with Crippen LogP contribution in [0.15, 0.2) is 18.2 Å². The standard InChI is InChI=1S/C15H20N2O/c1-10-8-17(9-14(10)16)15(18)13-6-5-11-3-2-4-12(11)7-13/h5-7,10,14H,2-4,8-9,16H2,1H3. The quantitative estimate of drug-likeness (QED) is 0.815. The summed E-state index contributed by atoms with van der Waals surface area (Å²) in [4.78, 5) is 14.3. The average molecular weight is 244 g/mol. The van der Waals surface area contributed by atoms with Gasteiger partial charge in [0.25, 0.3) is 5.91 Å². The van der Waals surface area contributed by atoms with Crippen molar-refractivity contribution in [1.82, 2.24) is 4.90 Å². The zero-order valence-electron chi connectivity index (χ0n) is 10.9. The molecular weight excluding hydrogens is 224 g/mol. The van der Waals surface area contributed by atoms with E-state index in [1.807, 2.05) is 11.0 Å². The number of hydrogen-bond donors (Lipinski definition) is 1. The van der Waals surface area contributed by atoms with Crippen LogP contribution in [0.4, 0.5) is 0 Å². The predicted molar refractivity (Wildman–Crippen MR) is 71.5 cm³/mol. The molecule has 0 saturated carbocycles. The van der Waals surface area contributed by atoms with Crippen molar-refractivity contribution in [1.29, 1.82) is 0 Å². The first-order valence-electron chi connectivity index (χ1n) is 6.82. The van der Waals surface area contributed by atoms with Gasteiger partial charge in [0, 0.05) is 24.7 Å². The van der Waals surface area contributed by atoms with Gasteiger partial charge in [-0.1, -0.05) is 13.0 Å². The number of rotatable bonds is 1. The molecule has 1 amide bonds. The van der Waals surface area contributed by atoms with E-state index in [1.165, 1.54) is 17.5 Å². The molecule has 2 atom stereocenters. The van der Waals surface area contributed by atoms with E-state index in [1.54, 1.807) is 0 Å². The minimum Gasteiger partial charge on any atom is -0.337 e. The van der Waals surface area contributed by atoms with E-state index < -0.39 is 0 Å². The average Bonchev–Trinajstić information content (AvgIpc) is 2.95. The Morgan fingerprint density at radius 1 is 1.28 bits per heavy atom. The van der Waals surface area contributed by atoms with Crippen molar-refractivity contribution in [2.45, 2.75) is 32.2 Å². The van der Waals surface area contributed by atoms with Crippen molar-refractivity contribution in [2.75, 3.05) is 13.1 Å². The summed E-state index contributed by atoms with van der Waals surface area (Å²) in [5.41, 5.74) is 9.58. The van der Waals surface area contributed by atoms with Crippen LogP contribution in [0.2, 0.25) is 0 Å². The third kappa shape index (κ3) is 1.93. The van der Waals surface area contributed by atoms with Gasteiger partial charge in [-0.3, -0.25) is 4.79 Å². The number of hydrogen-bond acceptors (Lipinski definition) is 2. The minimum absolute atomic E-state index is 0.128. The molecule has 0 bridgehead atoms. The van der Waals surface area contributed by atoms with Crippen molar-refractivity contribution < 1.29 is 4.79 Å². The lowest BCUT2D eigenvalue weighted by Crippen LogP contribution is -2.32. The van der Waals surface area contributed by atoms with Crippen molar-refractivity contribution in [3.63, 3.8) is 0 Å². The molecule has 1 heterocycles. The largest absolute Gasteiger partial charge is 0.337 e. The van der Waals surface area contributed by atoms with Gasteiger partial charge in [-0.25, -0.2) is 0 Å². The van der Waals surface area contributed by atoms with Gasteiger partial charge in [0.15, 0.2) is 0 Å². The maximum absolute atomic E-state index is 12.4. The molecule has 1 aliphatic carbocycles. The van der Waals surface area contributed by atoms with Crippen LogP contribution in [0.1, 0.15) is 34.8 Å². The Bertz CT molecular complexity index is 473. The topological polar surface area (TPSA) is 46.3 Å². The Morgan fingerprint density at radius 2 is 2.06 bits per heavy atom. The minimum atomic E-state index is 0.128. The van der Waals surface area contributed by atoms with Crippen LogP contribution in [-0.2, 0) is 12.8 Å². The van der Waals surface area contributed by atoms with E-state index in [0.29, 0.717) is 12.5 Å². The van der Waals surface area contributed by atoms with E-state index in [9.17, 15) is 4.79 Å². The van der Waals surface area contributed by atoms with Gasteiger partial charge in [-0.15, -0.1) is 0 Å². The molecular formula is C15H20N2O. The van der Waals surface area contributed by atoms with E-state index in [2.05, 4.69) is 19.1 Å². The highest BCUT2D eigenvalue weighted by Crippen LogP contribution is 2.24. The number of aryl methyl sites for hydroxylation is 2. The van der Waals surface area contributed by atoms with Gasteiger partial charge in [0.2, 0.25) is 0 Å². The SMILES string of the molecule is CC1CN(C(=O)c2ccc3c(c2)CCC3)CC1N. The van der Waals surface area contributed by atoms with Crippen molar-refractivity contribution in [3.8, 4) is 0 Å². The molecule has 1 aliphatic heterocycles. The summed E-state index contributed by atoms with van der Waals surface area (Å²) < 4.78 is 0. The maximum Gasteiger partial charge on any atom is 0.253 e. The van der Waals surface area contributed by atoms with Gasteiger partial charge < -0.3 is 10.6 Å².